The van der Waals surface area contributed by atoms with Gasteiger partial charge in [0, 0.05) is 28.7 Å². The van der Waals surface area contributed by atoms with Crippen LogP contribution in [0.1, 0.15) is 33.3 Å². The number of amides is 2. The van der Waals surface area contributed by atoms with E-state index in [9.17, 15) is 19.6 Å². The molecular weight excluding hydrogens is 608 g/mol. The number of hydrogen-bond donors (Lipinski definition) is 1. The van der Waals surface area contributed by atoms with Crippen molar-refractivity contribution in [2.75, 3.05) is 13.2 Å². The second-order valence-electron chi connectivity index (χ2n) is 12.1. The second kappa shape index (κ2) is 11.3. The van der Waals surface area contributed by atoms with Gasteiger partial charge >= 0.3 is 11.8 Å². The molecule has 2 aliphatic rings. The first-order valence-electron chi connectivity index (χ1n) is 13.6. The smallest absolute Gasteiger partial charge is 0.419 e. The van der Waals surface area contributed by atoms with Crippen molar-refractivity contribution in [2.24, 2.45) is 7.05 Å². The maximum atomic E-state index is 15.3. The summed E-state index contributed by atoms with van der Waals surface area (Å²) >= 11 is 0.912. The normalized spacial score (nSPS) is 21.8. The van der Waals surface area contributed by atoms with E-state index in [1.165, 1.54) is 15.2 Å². The topological polar surface area (TPSA) is 127 Å². The minimum absolute atomic E-state index is 0.0200. The van der Waals surface area contributed by atoms with Gasteiger partial charge in [-0.1, -0.05) is 18.2 Å². The van der Waals surface area contributed by atoms with Crippen molar-refractivity contribution in [1.82, 2.24) is 13.9 Å². The maximum Gasteiger partial charge on any atom is 0.419 e. The summed E-state index contributed by atoms with van der Waals surface area (Å²) < 4.78 is 36.2. The fourth-order valence-corrected chi connectivity index (χ4v) is 9.88. The van der Waals surface area contributed by atoms with Crippen molar-refractivity contribution >= 4 is 53.9 Å². The molecule has 3 aromatic rings. The summed E-state index contributed by atoms with van der Waals surface area (Å²) in [5, 5.41) is 9.49. The van der Waals surface area contributed by atoms with E-state index in [1.54, 1.807) is 65.1 Å². The molecule has 10 nitrogen and oxygen atoms in total. The van der Waals surface area contributed by atoms with Crippen LogP contribution in [0.3, 0.4) is 0 Å². The number of nitrogens with zero attached hydrogens (tertiary/aromatic N) is 3. The summed E-state index contributed by atoms with van der Waals surface area (Å²) in [6.07, 6.45) is -0.553. The molecule has 3 atom stereocenters. The Bertz CT molecular complexity index is 1700. The van der Waals surface area contributed by atoms with Crippen molar-refractivity contribution in [2.45, 2.75) is 61.6 Å². The number of hydrogen-bond acceptors (Lipinski definition) is 8. The number of fused-ring (bicyclic) bond motifs is 2. The first-order valence-corrected chi connectivity index (χ1v) is 16.6. The Balaban J connectivity index is 1.29. The molecule has 0 bridgehead atoms. The Labute approximate surface area is 257 Å². The third-order valence-corrected chi connectivity index (χ3v) is 12.4. The zero-order chi connectivity index (χ0) is 31.3. The molecule has 0 saturated carbocycles. The van der Waals surface area contributed by atoms with Gasteiger partial charge in [-0.25, -0.2) is 14.0 Å². The molecule has 0 aliphatic carbocycles. The summed E-state index contributed by atoms with van der Waals surface area (Å²) in [5.74, 6) is -0.982. The summed E-state index contributed by atoms with van der Waals surface area (Å²) in [6.45, 7) is 7.57. The minimum Gasteiger partial charge on any atom is -0.444 e. The van der Waals surface area contributed by atoms with Crippen molar-refractivity contribution < 1.29 is 27.9 Å². The highest BCUT2D eigenvalue weighted by Gasteiger charge is 2.59. The van der Waals surface area contributed by atoms with Gasteiger partial charge in [-0.3, -0.25) is 9.36 Å². The van der Waals surface area contributed by atoms with Crippen molar-refractivity contribution in [1.29, 1.82) is 5.26 Å². The molecule has 4 radical (unpaired) electrons. The quantitative estimate of drug-likeness (QED) is 0.305. The first kappa shape index (κ1) is 31.1. The predicted octanol–water partition coefficient (Wildman–Crippen LogP) is 4.67. The summed E-state index contributed by atoms with van der Waals surface area (Å²) in [5.41, 5.74) is 1.55. The Morgan fingerprint density at radius 3 is 2.63 bits per heavy atom. The number of benzene rings is 2. The van der Waals surface area contributed by atoms with Gasteiger partial charge in [0.1, 0.15) is 16.2 Å². The lowest BCUT2D eigenvalue weighted by Gasteiger charge is -2.32. The van der Waals surface area contributed by atoms with Crippen LogP contribution in [-0.2, 0) is 22.9 Å². The van der Waals surface area contributed by atoms with Crippen molar-refractivity contribution in [3.05, 3.63) is 58.3 Å². The lowest BCUT2D eigenvalue weighted by molar-refractivity contribution is 0.0323. The third-order valence-electron chi connectivity index (χ3n) is 7.52. The van der Waals surface area contributed by atoms with E-state index in [2.05, 4.69) is 21.0 Å². The van der Waals surface area contributed by atoms with Crippen LogP contribution in [0.5, 0.6) is 0 Å². The SMILES string of the molecule is Cn1c(=O)oc2ccc(-c3ccc(C[C@](C)(C#N)SNC(=O)[Si]4C[C@]5([Si])COC[C@@H]5N4C(=O)OC(C)(C)C)c(F)c3)cc21. The van der Waals surface area contributed by atoms with Gasteiger partial charge in [0.05, 0.1) is 30.8 Å². The van der Waals surface area contributed by atoms with E-state index >= 15 is 4.39 Å². The fraction of sp³-hybridized carbons (Fsp3) is 0.448. The van der Waals surface area contributed by atoms with E-state index in [4.69, 9.17) is 13.9 Å². The summed E-state index contributed by atoms with van der Waals surface area (Å²) in [7, 11) is 3.25. The van der Waals surface area contributed by atoms with Gasteiger partial charge in [-0.15, -0.1) is 0 Å². The largest absolute Gasteiger partial charge is 0.444 e. The molecule has 43 heavy (non-hydrogen) atoms. The van der Waals surface area contributed by atoms with Gasteiger partial charge in [0.2, 0.25) is 5.53 Å². The monoisotopic (exact) mass is 638 g/mol. The minimum atomic E-state index is -2.13. The number of nitrogens with one attached hydrogen (secondary N) is 1. The number of carbonyl (C=O) groups excluding carboxylic acids is 2. The molecule has 0 spiro atoms. The Kier molecular flexibility index (Phi) is 8.14. The number of ether oxygens (including phenoxy) is 2. The van der Waals surface area contributed by atoms with Crippen LogP contribution in [0.4, 0.5) is 14.0 Å². The molecule has 1 N–H and O–H groups in total. The number of carbonyl (C=O) groups is 2. The molecule has 0 unspecified atom stereocenters. The Morgan fingerprint density at radius 2 is 1.95 bits per heavy atom. The summed E-state index contributed by atoms with van der Waals surface area (Å²) in [6, 6.07) is 12.2. The van der Waals surface area contributed by atoms with E-state index in [0.29, 0.717) is 40.4 Å². The third kappa shape index (κ3) is 6.17. The van der Waals surface area contributed by atoms with Gasteiger partial charge < -0.3 is 23.2 Å². The predicted molar refractivity (Wildman–Crippen MR) is 162 cm³/mol. The van der Waals surface area contributed by atoms with Gasteiger partial charge in [0.15, 0.2) is 5.58 Å². The summed E-state index contributed by atoms with van der Waals surface area (Å²) in [4.78, 5) is 38.5. The van der Waals surface area contributed by atoms with Crippen molar-refractivity contribution in [3.63, 3.8) is 0 Å². The van der Waals surface area contributed by atoms with E-state index in [-0.39, 0.29) is 24.6 Å². The van der Waals surface area contributed by atoms with Crippen LogP contribution in [-0.4, -0.2) is 69.6 Å². The standard InChI is InChI=1S/C29H31FN4O6SSi2/c1-27(2,3)40-26(37)34-23-13-38-15-29(23,42)16-43(34)24(35)32-41-28(4,14-31)12-19-7-6-17(10-20(19)30)18-8-9-22-21(11-18)33(5)25(36)39-22/h6-11,23H,12-13,15-16H2,1-5H3,(H,32,35)/t23-,28+,29+/m0/s1. The van der Waals surface area contributed by atoms with Crippen LogP contribution >= 0.6 is 11.9 Å². The molecule has 2 saturated heterocycles. The highest BCUT2D eigenvalue weighted by molar-refractivity contribution is 7.99. The van der Waals surface area contributed by atoms with E-state index < -0.39 is 42.0 Å². The number of aromatic nitrogens is 1. The van der Waals surface area contributed by atoms with Crippen molar-refractivity contribution in [3.8, 4) is 17.2 Å². The van der Waals surface area contributed by atoms with Gasteiger partial charge in [-0.2, -0.15) is 5.26 Å². The Hall–Kier alpha value is -3.39. The molecule has 3 heterocycles. The maximum absolute atomic E-state index is 15.3. The molecule has 14 heteroatoms. The molecule has 2 aromatic carbocycles. The number of nitriles is 1. The molecular formula is C29H31FN4O6SSi2. The van der Waals surface area contributed by atoms with Crippen LogP contribution in [0.15, 0.2) is 45.6 Å². The van der Waals surface area contributed by atoms with E-state index in [0.717, 1.165) is 11.9 Å². The highest BCUT2D eigenvalue weighted by atomic mass is 32.2. The zero-order valence-corrected chi connectivity index (χ0v) is 27.3. The van der Waals surface area contributed by atoms with Crippen LogP contribution in [0, 0.1) is 17.1 Å². The average molecular weight is 639 g/mol. The lowest BCUT2D eigenvalue weighted by atomic mass is 9.97. The fourth-order valence-electron chi connectivity index (χ4n) is 5.27. The molecule has 5 rings (SSSR count). The van der Waals surface area contributed by atoms with Crippen LogP contribution in [0.25, 0.3) is 22.2 Å². The highest BCUT2D eigenvalue weighted by Crippen LogP contribution is 2.48. The average Bonchev–Trinajstić information content (AvgIpc) is 3.55. The first-order chi connectivity index (χ1) is 20.1. The number of oxazole rings is 1. The van der Waals surface area contributed by atoms with E-state index in [1.807, 2.05) is 0 Å². The number of aryl methyl sites for hydroxylation is 1. The molecule has 1 aromatic heterocycles. The second-order valence-corrected chi connectivity index (χ2v) is 16.6. The number of halogens is 1. The van der Waals surface area contributed by atoms with Crippen LogP contribution in [0.2, 0.25) is 11.1 Å². The Morgan fingerprint density at radius 1 is 1.26 bits per heavy atom. The molecule has 2 fully saturated rings. The lowest BCUT2D eigenvalue weighted by Crippen LogP contribution is -2.53. The van der Waals surface area contributed by atoms with Crippen LogP contribution < -0.4 is 10.5 Å². The molecule has 2 amide bonds. The molecule has 2 aliphatic heterocycles. The molecule has 224 valence electrons. The van der Waals surface area contributed by atoms with Gasteiger partial charge in [-0.05, 0) is 80.6 Å². The number of rotatable bonds is 6. The zero-order valence-electron chi connectivity index (χ0n) is 24.4. The van der Waals surface area contributed by atoms with Gasteiger partial charge in [0.25, 0.3) is 8.96 Å².